The van der Waals surface area contributed by atoms with Gasteiger partial charge in [-0.1, -0.05) is 53.3 Å². The van der Waals surface area contributed by atoms with Crippen molar-refractivity contribution < 1.29 is 4.92 Å². The molecule has 0 amide bonds. The van der Waals surface area contributed by atoms with Gasteiger partial charge in [0.05, 0.1) is 4.92 Å². The molecule has 2 heterocycles. The van der Waals surface area contributed by atoms with Crippen LogP contribution in [0.2, 0.25) is 0 Å². The first-order valence-corrected chi connectivity index (χ1v) is 8.56. The van der Waals surface area contributed by atoms with Gasteiger partial charge in [-0.15, -0.1) is 10.2 Å². The van der Waals surface area contributed by atoms with Gasteiger partial charge in [0.25, 0.3) is 11.2 Å². The molecule has 0 saturated carbocycles. The lowest BCUT2D eigenvalue weighted by molar-refractivity contribution is -0.384. The Morgan fingerprint density at radius 3 is 2.54 bits per heavy atom. The molecule has 0 saturated heterocycles. The third-order valence-electron chi connectivity index (χ3n) is 3.96. The molecule has 2 aromatic heterocycles. The first-order valence-electron chi connectivity index (χ1n) is 7.74. The van der Waals surface area contributed by atoms with Gasteiger partial charge in [-0.3, -0.25) is 14.9 Å². The lowest BCUT2D eigenvalue weighted by Crippen LogP contribution is -2.11. The Bertz CT molecular complexity index is 1200. The number of hydrogen-bond acceptors (Lipinski definition) is 6. The molecule has 0 aliphatic rings. The quantitative estimate of drug-likeness (QED) is 0.408. The largest absolute Gasteiger partial charge is 0.270 e. The standard InChI is InChI=1S/C18H12N4O3S/c1-11-5-7-12(8-6-11)15-10-16(23)21-17(19-20-18(21)26-15)13-3-2-4-14(9-13)22(24)25/h2-10H,1H3. The summed E-state index contributed by atoms with van der Waals surface area (Å²) in [6.45, 7) is 2.00. The fraction of sp³-hybridized carbons (Fsp3) is 0.0556. The first-order chi connectivity index (χ1) is 12.5. The van der Waals surface area contributed by atoms with Crippen LogP contribution in [0.25, 0.3) is 26.8 Å². The molecule has 0 unspecified atom stereocenters. The van der Waals surface area contributed by atoms with Crippen LogP contribution < -0.4 is 5.56 Å². The summed E-state index contributed by atoms with van der Waals surface area (Å²) < 4.78 is 1.38. The summed E-state index contributed by atoms with van der Waals surface area (Å²) in [5.74, 6) is 0.292. The molecule has 2 aromatic carbocycles. The number of nitro benzene ring substituents is 1. The molecule has 0 aliphatic heterocycles. The van der Waals surface area contributed by atoms with E-state index in [0.29, 0.717) is 16.3 Å². The highest BCUT2D eigenvalue weighted by molar-refractivity contribution is 7.19. The third kappa shape index (κ3) is 2.76. The average molecular weight is 364 g/mol. The van der Waals surface area contributed by atoms with Crippen LogP contribution in [0.3, 0.4) is 0 Å². The van der Waals surface area contributed by atoms with Gasteiger partial charge in [-0.2, -0.15) is 0 Å². The lowest BCUT2D eigenvalue weighted by atomic mass is 10.1. The molecule has 0 atom stereocenters. The molecule has 4 rings (SSSR count). The highest BCUT2D eigenvalue weighted by Crippen LogP contribution is 2.28. The van der Waals surface area contributed by atoms with Crippen molar-refractivity contribution in [1.29, 1.82) is 0 Å². The molecule has 0 N–H and O–H groups in total. The van der Waals surface area contributed by atoms with Crippen molar-refractivity contribution in [2.24, 2.45) is 0 Å². The second-order valence-corrected chi connectivity index (χ2v) is 6.77. The molecule has 128 valence electrons. The van der Waals surface area contributed by atoms with Crippen molar-refractivity contribution in [2.75, 3.05) is 0 Å². The van der Waals surface area contributed by atoms with Crippen molar-refractivity contribution in [3.05, 3.63) is 80.6 Å². The summed E-state index contributed by atoms with van der Waals surface area (Å²) in [5.41, 5.74) is 2.20. The van der Waals surface area contributed by atoms with Crippen LogP contribution in [-0.4, -0.2) is 19.5 Å². The van der Waals surface area contributed by atoms with E-state index < -0.39 is 4.92 Å². The van der Waals surface area contributed by atoms with Gasteiger partial charge in [0.15, 0.2) is 5.82 Å². The van der Waals surface area contributed by atoms with Crippen molar-refractivity contribution in [1.82, 2.24) is 14.6 Å². The summed E-state index contributed by atoms with van der Waals surface area (Å²) in [4.78, 5) is 24.4. The molecular weight excluding hydrogens is 352 g/mol. The van der Waals surface area contributed by atoms with Gasteiger partial charge in [-0.25, -0.2) is 4.40 Å². The van der Waals surface area contributed by atoms with Crippen LogP contribution in [0.1, 0.15) is 5.56 Å². The van der Waals surface area contributed by atoms with E-state index in [1.807, 2.05) is 31.2 Å². The van der Waals surface area contributed by atoms with Crippen LogP contribution in [0.4, 0.5) is 5.69 Å². The number of rotatable bonds is 3. The highest BCUT2D eigenvalue weighted by Gasteiger charge is 2.15. The summed E-state index contributed by atoms with van der Waals surface area (Å²) in [5, 5.41) is 19.2. The smallest absolute Gasteiger partial charge is 0.269 e. The van der Waals surface area contributed by atoms with E-state index in [9.17, 15) is 14.9 Å². The lowest BCUT2D eigenvalue weighted by Gasteiger charge is -2.03. The number of hydrogen-bond donors (Lipinski definition) is 0. The Labute approximate surface area is 151 Å². The minimum atomic E-state index is -0.483. The van der Waals surface area contributed by atoms with Gasteiger partial charge in [0, 0.05) is 28.6 Å². The number of nitro groups is 1. The maximum atomic E-state index is 12.7. The van der Waals surface area contributed by atoms with Crippen LogP contribution in [0.15, 0.2) is 59.4 Å². The van der Waals surface area contributed by atoms with Gasteiger partial charge >= 0.3 is 0 Å². The number of aryl methyl sites for hydroxylation is 1. The molecule has 0 bridgehead atoms. The van der Waals surface area contributed by atoms with E-state index in [-0.39, 0.29) is 11.2 Å². The monoisotopic (exact) mass is 364 g/mol. The Balaban J connectivity index is 1.87. The van der Waals surface area contributed by atoms with Gasteiger partial charge in [0.2, 0.25) is 4.96 Å². The zero-order valence-corrected chi connectivity index (χ0v) is 14.4. The Morgan fingerprint density at radius 2 is 1.81 bits per heavy atom. The zero-order chi connectivity index (χ0) is 18.3. The minimum Gasteiger partial charge on any atom is -0.269 e. The molecule has 0 spiro atoms. The molecular formula is C18H12N4O3S. The third-order valence-corrected chi connectivity index (χ3v) is 4.98. The van der Waals surface area contributed by atoms with Crippen molar-refractivity contribution in [3.8, 4) is 21.8 Å². The summed E-state index contributed by atoms with van der Waals surface area (Å²) in [6.07, 6.45) is 0. The molecule has 0 radical (unpaired) electrons. The van der Waals surface area contributed by atoms with Crippen molar-refractivity contribution in [3.63, 3.8) is 0 Å². The van der Waals surface area contributed by atoms with Crippen LogP contribution in [0, 0.1) is 17.0 Å². The average Bonchev–Trinajstić information content (AvgIpc) is 3.07. The number of nitrogens with zero attached hydrogens (tertiary/aromatic N) is 4. The normalized spacial score (nSPS) is 11.0. The number of fused-ring (bicyclic) bond motifs is 1. The van der Waals surface area contributed by atoms with E-state index in [0.717, 1.165) is 16.0 Å². The maximum Gasteiger partial charge on any atom is 0.270 e. The van der Waals surface area contributed by atoms with Crippen LogP contribution >= 0.6 is 11.3 Å². The van der Waals surface area contributed by atoms with Gasteiger partial charge in [-0.05, 0) is 12.5 Å². The van der Waals surface area contributed by atoms with Gasteiger partial charge in [0.1, 0.15) is 0 Å². The molecule has 8 heteroatoms. The van der Waals surface area contributed by atoms with Crippen LogP contribution in [-0.2, 0) is 0 Å². The van der Waals surface area contributed by atoms with Gasteiger partial charge < -0.3 is 0 Å². The molecule has 26 heavy (non-hydrogen) atoms. The SMILES string of the molecule is Cc1ccc(-c2cc(=O)n3c(-c4cccc([N+](=O)[O-])c4)nnc3s2)cc1. The van der Waals surface area contributed by atoms with Crippen LogP contribution in [0.5, 0.6) is 0 Å². The van der Waals surface area contributed by atoms with E-state index in [1.54, 1.807) is 12.1 Å². The number of benzene rings is 2. The maximum absolute atomic E-state index is 12.7. The minimum absolute atomic E-state index is 0.0633. The van der Waals surface area contributed by atoms with E-state index in [2.05, 4.69) is 10.2 Å². The number of aromatic nitrogens is 3. The predicted molar refractivity (Wildman–Crippen MR) is 99.4 cm³/mol. The van der Waals surface area contributed by atoms with E-state index in [4.69, 9.17) is 0 Å². The second-order valence-electron chi connectivity index (χ2n) is 5.76. The number of non-ortho nitro benzene ring substituents is 1. The molecule has 0 fully saturated rings. The fourth-order valence-electron chi connectivity index (χ4n) is 2.64. The molecule has 7 nitrogen and oxygen atoms in total. The second kappa shape index (κ2) is 6.16. The Kier molecular flexibility index (Phi) is 3.81. The van der Waals surface area contributed by atoms with E-state index in [1.165, 1.54) is 33.9 Å². The highest BCUT2D eigenvalue weighted by atomic mass is 32.1. The summed E-state index contributed by atoms with van der Waals surface area (Å²) in [6, 6.07) is 15.4. The predicted octanol–water partition coefficient (Wildman–Crippen LogP) is 3.70. The van der Waals surface area contributed by atoms with Crippen molar-refractivity contribution >= 4 is 22.0 Å². The zero-order valence-electron chi connectivity index (χ0n) is 13.6. The molecule has 4 aromatic rings. The van der Waals surface area contributed by atoms with E-state index >= 15 is 0 Å². The summed E-state index contributed by atoms with van der Waals surface area (Å²) >= 11 is 1.34. The topological polar surface area (TPSA) is 90.4 Å². The molecule has 0 aliphatic carbocycles. The van der Waals surface area contributed by atoms with Crippen molar-refractivity contribution in [2.45, 2.75) is 6.92 Å². The summed E-state index contributed by atoms with van der Waals surface area (Å²) in [7, 11) is 0. The Morgan fingerprint density at radius 1 is 1.04 bits per heavy atom. The first kappa shape index (κ1) is 16.1. The Hall–Kier alpha value is -3.39. The fourth-order valence-corrected chi connectivity index (χ4v) is 3.60.